The van der Waals surface area contributed by atoms with Crippen LogP contribution in [0.2, 0.25) is 4.82 Å². The van der Waals surface area contributed by atoms with Gasteiger partial charge in [-0.2, -0.15) is 0 Å². The van der Waals surface area contributed by atoms with E-state index in [1.54, 1.807) is 12.1 Å². The number of hydrogen-bond donors (Lipinski definition) is 0. The number of carbonyl (C=O) groups excluding carboxylic acids is 1. The van der Waals surface area contributed by atoms with Gasteiger partial charge >= 0.3 is 152 Å². The molecule has 0 spiro atoms. The standard InChI is InChI=1S/C21H26O2Se/c1-3-5-12-19(9-4-2)24-20-15-13-18(14-16-20)23-21(22)17-10-7-6-8-11-17/h6-8,10-11,13-16,19H,3-5,9,12H2,1-2H3. The summed E-state index contributed by atoms with van der Waals surface area (Å²) in [7, 11) is 0. The normalized spacial score (nSPS) is 11.9. The first-order valence-corrected chi connectivity index (χ1v) is 10.6. The fraction of sp³-hybridized carbons (Fsp3) is 0.381. The number of hydrogen-bond acceptors (Lipinski definition) is 2. The predicted octanol–water partition coefficient (Wildman–Crippen LogP) is 5.01. The zero-order chi connectivity index (χ0) is 17.2. The van der Waals surface area contributed by atoms with E-state index in [1.165, 1.54) is 36.6 Å². The van der Waals surface area contributed by atoms with Crippen LogP contribution in [-0.4, -0.2) is 20.9 Å². The Bertz CT molecular complexity index is 607. The molecule has 0 aliphatic rings. The average Bonchev–Trinajstić information content (AvgIpc) is 2.62. The van der Waals surface area contributed by atoms with Crippen molar-refractivity contribution in [3.63, 3.8) is 0 Å². The van der Waals surface area contributed by atoms with Crippen molar-refractivity contribution in [1.29, 1.82) is 0 Å². The summed E-state index contributed by atoms with van der Waals surface area (Å²) >= 11 is 0.493. The molecule has 0 radical (unpaired) electrons. The minimum absolute atomic E-state index is 0.305. The average molecular weight is 389 g/mol. The monoisotopic (exact) mass is 390 g/mol. The van der Waals surface area contributed by atoms with Gasteiger partial charge < -0.3 is 0 Å². The Morgan fingerprint density at radius 2 is 1.67 bits per heavy atom. The van der Waals surface area contributed by atoms with Gasteiger partial charge in [0.25, 0.3) is 0 Å². The first-order valence-electron chi connectivity index (χ1n) is 8.76. The zero-order valence-corrected chi connectivity index (χ0v) is 16.2. The fourth-order valence-corrected chi connectivity index (χ4v) is 5.30. The fourth-order valence-electron chi connectivity index (χ4n) is 2.53. The van der Waals surface area contributed by atoms with Crippen molar-refractivity contribution in [2.75, 3.05) is 0 Å². The van der Waals surface area contributed by atoms with E-state index in [1.807, 2.05) is 30.3 Å². The summed E-state index contributed by atoms with van der Waals surface area (Å²) in [4.78, 5) is 12.9. The van der Waals surface area contributed by atoms with E-state index in [4.69, 9.17) is 4.74 Å². The molecule has 24 heavy (non-hydrogen) atoms. The topological polar surface area (TPSA) is 26.3 Å². The van der Waals surface area contributed by atoms with Crippen LogP contribution in [0.1, 0.15) is 56.3 Å². The molecule has 2 aromatic carbocycles. The van der Waals surface area contributed by atoms with Crippen LogP contribution in [-0.2, 0) is 0 Å². The zero-order valence-electron chi connectivity index (χ0n) is 14.5. The van der Waals surface area contributed by atoms with Gasteiger partial charge in [-0.3, -0.25) is 0 Å². The molecular formula is C21H26O2Se. The van der Waals surface area contributed by atoms with E-state index < -0.39 is 0 Å². The van der Waals surface area contributed by atoms with Crippen molar-refractivity contribution in [3.05, 3.63) is 60.2 Å². The minimum atomic E-state index is -0.305. The van der Waals surface area contributed by atoms with E-state index in [9.17, 15) is 4.79 Å². The van der Waals surface area contributed by atoms with E-state index >= 15 is 0 Å². The van der Waals surface area contributed by atoms with Crippen LogP contribution < -0.4 is 9.20 Å². The molecule has 0 amide bonds. The summed E-state index contributed by atoms with van der Waals surface area (Å²) in [5.41, 5.74) is 0.577. The second kappa shape index (κ2) is 10.3. The molecule has 0 fully saturated rings. The van der Waals surface area contributed by atoms with Gasteiger partial charge in [-0.15, -0.1) is 0 Å². The van der Waals surface area contributed by atoms with E-state index in [0.717, 1.165) is 4.82 Å². The van der Waals surface area contributed by atoms with Gasteiger partial charge in [-0.25, -0.2) is 0 Å². The van der Waals surface area contributed by atoms with E-state index in [0.29, 0.717) is 26.3 Å². The summed E-state index contributed by atoms with van der Waals surface area (Å²) in [6.07, 6.45) is 6.48. The van der Waals surface area contributed by atoms with Gasteiger partial charge in [0.05, 0.1) is 0 Å². The number of carbonyl (C=O) groups is 1. The first-order chi connectivity index (χ1) is 11.7. The van der Waals surface area contributed by atoms with E-state index in [-0.39, 0.29) is 5.97 Å². The molecular weight excluding hydrogens is 363 g/mol. The van der Waals surface area contributed by atoms with Crippen molar-refractivity contribution in [2.45, 2.75) is 50.8 Å². The Morgan fingerprint density at radius 1 is 0.958 bits per heavy atom. The first kappa shape index (κ1) is 18.8. The molecule has 0 aromatic heterocycles. The molecule has 0 bridgehead atoms. The summed E-state index contributed by atoms with van der Waals surface area (Å²) in [6, 6.07) is 17.2. The Kier molecular flexibility index (Phi) is 8.07. The number of ether oxygens (including phenoxy) is 1. The third-order valence-corrected chi connectivity index (χ3v) is 6.67. The van der Waals surface area contributed by atoms with E-state index in [2.05, 4.69) is 26.0 Å². The molecule has 1 unspecified atom stereocenters. The molecule has 3 heteroatoms. The predicted molar refractivity (Wildman–Crippen MR) is 101 cm³/mol. The van der Waals surface area contributed by atoms with Gasteiger partial charge in [-0.1, -0.05) is 0 Å². The molecule has 2 rings (SSSR count). The summed E-state index contributed by atoms with van der Waals surface area (Å²) in [5, 5.41) is 0. The van der Waals surface area contributed by atoms with Gasteiger partial charge in [0.15, 0.2) is 0 Å². The molecule has 1 atom stereocenters. The van der Waals surface area contributed by atoms with Crippen molar-refractivity contribution in [3.8, 4) is 5.75 Å². The Morgan fingerprint density at radius 3 is 2.29 bits per heavy atom. The van der Waals surface area contributed by atoms with Crippen molar-refractivity contribution < 1.29 is 9.53 Å². The van der Waals surface area contributed by atoms with Crippen LogP contribution in [0.25, 0.3) is 0 Å². The van der Waals surface area contributed by atoms with Gasteiger partial charge in [-0.05, 0) is 0 Å². The maximum atomic E-state index is 12.1. The molecule has 2 nitrogen and oxygen atoms in total. The van der Waals surface area contributed by atoms with Crippen LogP contribution in [0.5, 0.6) is 5.75 Å². The number of benzene rings is 2. The Labute approximate surface area is 151 Å². The van der Waals surface area contributed by atoms with Crippen LogP contribution in [0.4, 0.5) is 0 Å². The third-order valence-electron chi connectivity index (χ3n) is 3.84. The van der Waals surface area contributed by atoms with Gasteiger partial charge in [0, 0.05) is 0 Å². The summed E-state index contributed by atoms with van der Waals surface area (Å²) in [6.45, 7) is 4.52. The second-order valence-electron chi connectivity index (χ2n) is 5.90. The quantitative estimate of drug-likeness (QED) is 0.342. The summed E-state index contributed by atoms with van der Waals surface area (Å²) in [5.74, 6) is 0.310. The Hall–Kier alpha value is -1.57. The Balaban J connectivity index is 1.93. The summed E-state index contributed by atoms with van der Waals surface area (Å²) < 4.78 is 6.83. The second-order valence-corrected chi connectivity index (χ2v) is 8.78. The molecule has 0 saturated carbocycles. The molecule has 0 aliphatic heterocycles. The van der Waals surface area contributed by atoms with Crippen LogP contribution in [0, 0.1) is 0 Å². The van der Waals surface area contributed by atoms with Gasteiger partial charge in [0.1, 0.15) is 0 Å². The van der Waals surface area contributed by atoms with Crippen LogP contribution in [0.15, 0.2) is 54.6 Å². The maximum absolute atomic E-state index is 12.1. The molecule has 0 N–H and O–H groups in total. The van der Waals surface area contributed by atoms with Gasteiger partial charge in [0.2, 0.25) is 0 Å². The third kappa shape index (κ3) is 6.14. The van der Waals surface area contributed by atoms with Crippen LogP contribution in [0.3, 0.4) is 0 Å². The number of rotatable bonds is 9. The molecule has 0 heterocycles. The molecule has 0 saturated heterocycles. The number of esters is 1. The van der Waals surface area contributed by atoms with Crippen molar-refractivity contribution in [1.82, 2.24) is 0 Å². The van der Waals surface area contributed by atoms with Crippen molar-refractivity contribution >= 4 is 25.4 Å². The SMILES string of the molecule is CCCCC(CCC)[Se]c1ccc(OC(=O)c2ccccc2)cc1. The number of unbranched alkanes of at least 4 members (excludes halogenated alkanes) is 1. The van der Waals surface area contributed by atoms with Crippen LogP contribution >= 0.6 is 0 Å². The molecule has 2 aromatic rings. The van der Waals surface area contributed by atoms with Crippen molar-refractivity contribution in [2.24, 2.45) is 0 Å². The molecule has 0 aliphatic carbocycles. The molecule has 128 valence electrons.